The fourth-order valence-electron chi connectivity index (χ4n) is 2.43. The number of nitrogens with zero attached hydrogens (tertiary/aromatic N) is 2. The van der Waals surface area contributed by atoms with Crippen LogP contribution in [0.1, 0.15) is 18.1 Å². The second-order valence-electron chi connectivity index (χ2n) is 5.10. The Morgan fingerprint density at radius 1 is 1.38 bits per heavy atom. The maximum Gasteiger partial charge on any atom is 0.218 e. The van der Waals surface area contributed by atoms with Crippen LogP contribution in [0.25, 0.3) is 0 Å². The minimum Gasteiger partial charge on any atom is -0.229 e. The molecule has 1 aliphatic rings. The van der Waals surface area contributed by atoms with Gasteiger partial charge in [0.05, 0.1) is 28.9 Å². The van der Waals surface area contributed by atoms with Crippen molar-refractivity contribution < 1.29 is 16.8 Å². The van der Waals surface area contributed by atoms with E-state index >= 15 is 0 Å². The maximum absolute atomic E-state index is 12.5. The van der Waals surface area contributed by atoms with Crippen molar-refractivity contribution in [2.24, 2.45) is 0 Å². The van der Waals surface area contributed by atoms with E-state index in [1.165, 1.54) is 4.31 Å². The second-order valence-corrected chi connectivity index (χ2v) is 9.25. The second kappa shape index (κ2) is 5.75. The highest BCUT2D eigenvalue weighted by atomic mass is 32.2. The summed E-state index contributed by atoms with van der Waals surface area (Å²) in [4.78, 5) is 0. The molecule has 0 bridgehead atoms. The molecule has 0 amide bonds. The van der Waals surface area contributed by atoms with E-state index in [1.807, 2.05) is 6.07 Å². The van der Waals surface area contributed by atoms with Gasteiger partial charge in [-0.05, 0) is 18.6 Å². The zero-order valence-electron chi connectivity index (χ0n) is 11.6. The van der Waals surface area contributed by atoms with E-state index in [2.05, 4.69) is 0 Å². The zero-order valence-corrected chi connectivity index (χ0v) is 13.2. The predicted molar refractivity (Wildman–Crippen MR) is 78.6 cm³/mol. The lowest BCUT2D eigenvalue weighted by Gasteiger charge is -2.32. The highest BCUT2D eigenvalue weighted by Crippen LogP contribution is 2.20. The normalized spacial score (nSPS) is 22.6. The van der Waals surface area contributed by atoms with E-state index in [9.17, 15) is 16.8 Å². The number of hydrogen-bond acceptors (Lipinski definition) is 5. The molecule has 0 radical (unpaired) electrons. The highest BCUT2D eigenvalue weighted by Gasteiger charge is 2.35. The Hall–Kier alpha value is -1.43. The van der Waals surface area contributed by atoms with Gasteiger partial charge in [-0.2, -0.15) is 9.57 Å². The minimum atomic E-state index is -3.65. The molecule has 114 valence electrons. The summed E-state index contributed by atoms with van der Waals surface area (Å²) in [5, 5.41) is 9.01. The van der Waals surface area contributed by atoms with Crippen LogP contribution in [0, 0.1) is 11.3 Å². The minimum absolute atomic E-state index is 0.0272. The third-order valence-corrected chi connectivity index (χ3v) is 7.17. The molecular weight excluding hydrogens is 312 g/mol. The first-order chi connectivity index (χ1) is 9.75. The standard InChI is InChI=1S/C13H16N2O4S2/c1-11-9-20(16,17)7-6-15(11)21(18,19)10-13-5-3-2-4-12(13)8-14/h2-5,11H,6-7,9-10H2,1H3. The Morgan fingerprint density at radius 3 is 2.67 bits per heavy atom. The van der Waals surface area contributed by atoms with Crippen molar-refractivity contribution in [3.05, 3.63) is 35.4 Å². The number of sulfone groups is 1. The van der Waals surface area contributed by atoms with Crippen LogP contribution in [-0.2, 0) is 25.6 Å². The van der Waals surface area contributed by atoms with Crippen LogP contribution >= 0.6 is 0 Å². The molecule has 1 unspecified atom stereocenters. The molecule has 1 aromatic rings. The summed E-state index contributed by atoms with van der Waals surface area (Å²) in [5.74, 6) is -0.607. The van der Waals surface area contributed by atoms with Crippen molar-refractivity contribution in [3.63, 3.8) is 0 Å². The van der Waals surface area contributed by atoms with Crippen LogP contribution in [0.15, 0.2) is 24.3 Å². The fourth-order valence-corrected chi connectivity index (χ4v) is 6.00. The molecule has 1 heterocycles. The molecule has 2 rings (SSSR count). The molecule has 6 nitrogen and oxygen atoms in total. The molecule has 1 aromatic carbocycles. The van der Waals surface area contributed by atoms with Gasteiger partial charge in [-0.1, -0.05) is 18.2 Å². The smallest absolute Gasteiger partial charge is 0.218 e. The molecule has 1 atom stereocenters. The average Bonchev–Trinajstić information content (AvgIpc) is 2.37. The monoisotopic (exact) mass is 328 g/mol. The molecule has 0 saturated carbocycles. The Labute approximate surface area is 125 Å². The van der Waals surface area contributed by atoms with Gasteiger partial charge >= 0.3 is 0 Å². The van der Waals surface area contributed by atoms with Gasteiger partial charge in [-0.15, -0.1) is 0 Å². The highest BCUT2D eigenvalue weighted by molar-refractivity contribution is 7.92. The Kier molecular flexibility index (Phi) is 4.37. The summed E-state index contributed by atoms with van der Waals surface area (Å²) >= 11 is 0. The molecule has 1 aliphatic heterocycles. The molecule has 0 N–H and O–H groups in total. The first kappa shape index (κ1) is 15.9. The maximum atomic E-state index is 12.5. The SMILES string of the molecule is CC1CS(=O)(=O)CCN1S(=O)(=O)Cc1ccccc1C#N. The van der Waals surface area contributed by atoms with E-state index in [1.54, 1.807) is 31.2 Å². The summed E-state index contributed by atoms with van der Waals surface area (Å²) < 4.78 is 49.2. The first-order valence-corrected chi connectivity index (χ1v) is 9.86. The van der Waals surface area contributed by atoms with Crippen molar-refractivity contribution in [1.82, 2.24) is 4.31 Å². The number of nitriles is 1. The molecule has 8 heteroatoms. The molecule has 21 heavy (non-hydrogen) atoms. The van der Waals surface area contributed by atoms with Crippen LogP contribution in [-0.4, -0.2) is 45.2 Å². The number of hydrogen-bond donors (Lipinski definition) is 0. The number of sulfonamides is 1. The van der Waals surface area contributed by atoms with Gasteiger partial charge in [-0.25, -0.2) is 16.8 Å². The number of benzene rings is 1. The summed E-state index contributed by atoms with van der Waals surface area (Å²) in [7, 11) is -6.82. The molecule has 0 aliphatic carbocycles. The van der Waals surface area contributed by atoms with E-state index < -0.39 is 25.9 Å². The van der Waals surface area contributed by atoms with E-state index in [-0.39, 0.29) is 23.8 Å². The molecule has 1 saturated heterocycles. The predicted octanol–water partition coefficient (Wildman–Crippen LogP) is 0.507. The summed E-state index contributed by atoms with van der Waals surface area (Å²) in [6.07, 6.45) is 0. The Morgan fingerprint density at radius 2 is 2.05 bits per heavy atom. The van der Waals surface area contributed by atoms with Crippen molar-refractivity contribution in [3.8, 4) is 6.07 Å². The van der Waals surface area contributed by atoms with Gasteiger partial charge in [0.2, 0.25) is 10.0 Å². The first-order valence-electron chi connectivity index (χ1n) is 6.43. The van der Waals surface area contributed by atoms with E-state index in [0.29, 0.717) is 11.1 Å². The van der Waals surface area contributed by atoms with Crippen LogP contribution < -0.4 is 0 Å². The van der Waals surface area contributed by atoms with Gasteiger partial charge in [0.25, 0.3) is 0 Å². The van der Waals surface area contributed by atoms with Gasteiger partial charge in [-0.3, -0.25) is 0 Å². The molecule has 0 spiro atoms. The summed E-state index contributed by atoms with van der Waals surface area (Å²) in [6.45, 7) is 1.56. The van der Waals surface area contributed by atoms with E-state index in [0.717, 1.165) is 0 Å². The van der Waals surface area contributed by atoms with Crippen molar-refractivity contribution in [2.45, 2.75) is 18.7 Å². The fraction of sp³-hybridized carbons (Fsp3) is 0.462. The average molecular weight is 328 g/mol. The molecule has 1 fully saturated rings. The Bertz CT molecular complexity index is 779. The number of rotatable bonds is 3. The lowest BCUT2D eigenvalue weighted by molar-refractivity contribution is 0.356. The van der Waals surface area contributed by atoms with Gasteiger partial charge in [0.1, 0.15) is 0 Å². The van der Waals surface area contributed by atoms with Crippen molar-refractivity contribution in [1.29, 1.82) is 5.26 Å². The molecule has 0 aromatic heterocycles. The van der Waals surface area contributed by atoms with Crippen LogP contribution in [0.3, 0.4) is 0 Å². The van der Waals surface area contributed by atoms with Crippen LogP contribution in [0.5, 0.6) is 0 Å². The third kappa shape index (κ3) is 3.61. The van der Waals surface area contributed by atoms with Crippen molar-refractivity contribution in [2.75, 3.05) is 18.1 Å². The van der Waals surface area contributed by atoms with Crippen molar-refractivity contribution >= 4 is 19.9 Å². The topological polar surface area (TPSA) is 95.3 Å². The largest absolute Gasteiger partial charge is 0.229 e. The van der Waals surface area contributed by atoms with E-state index in [4.69, 9.17) is 5.26 Å². The zero-order chi connectivity index (χ0) is 15.7. The summed E-state index contributed by atoms with van der Waals surface area (Å²) in [6, 6.07) is 7.90. The Balaban J connectivity index is 2.26. The van der Waals surface area contributed by atoms with Crippen LogP contribution in [0.4, 0.5) is 0 Å². The summed E-state index contributed by atoms with van der Waals surface area (Å²) in [5.41, 5.74) is 0.749. The van der Waals surface area contributed by atoms with Gasteiger partial charge in [0, 0.05) is 12.6 Å². The van der Waals surface area contributed by atoms with Gasteiger partial charge in [0.15, 0.2) is 9.84 Å². The third-order valence-electron chi connectivity index (χ3n) is 3.44. The van der Waals surface area contributed by atoms with Crippen LogP contribution in [0.2, 0.25) is 0 Å². The lowest BCUT2D eigenvalue weighted by atomic mass is 10.1. The van der Waals surface area contributed by atoms with Gasteiger partial charge < -0.3 is 0 Å². The quantitative estimate of drug-likeness (QED) is 0.805. The lowest BCUT2D eigenvalue weighted by Crippen LogP contribution is -2.49. The molecular formula is C13H16N2O4S2.